The van der Waals surface area contributed by atoms with Crippen LogP contribution in [0.1, 0.15) is 19.4 Å². The van der Waals surface area contributed by atoms with Gasteiger partial charge in [-0.15, -0.1) is 0 Å². The molecule has 1 aromatic rings. The lowest BCUT2D eigenvalue weighted by Gasteiger charge is -2.43. The number of nitrogens with two attached hydrogens (primary N) is 1. The fraction of sp³-hybridized carbons (Fsp3) is 0.600. The second-order valence-corrected chi connectivity index (χ2v) is 3.51. The van der Waals surface area contributed by atoms with Crippen LogP contribution in [0, 0.1) is 0 Å². The molecule has 13 heavy (non-hydrogen) atoms. The first-order valence-corrected chi connectivity index (χ1v) is 4.82. The van der Waals surface area contributed by atoms with Gasteiger partial charge in [-0.05, 0) is 25.5 Å². The highest BCUT2D eigenvalue weighted by atomic mass is 16.5. The van der Waals surface area contributed by atoms with E-state index in [0.717, 1.165) is 13.0 Å². The molecule has 0 spiro atoms. The SMILES string of the molecule is CCOC1CC(N)C1n1cccc1. The smallest absolute Gasteiger partial charge is 0.0812 e. The highest BCUT2D eigenvalue weighted by molar-refractivity contribution is 5.03. The highest BCUT2D eigenvalue weighted by Gasteiger charge is 2.40. The van der Waals surface area contributed by atoms with Crippen molar-refractivity contribution in [1.29, 1.82) is 0 Å². The molecule has 2 rings (SSSR count). The summed E-state index contributed by atoms with van der Waals surface area (Å²) in [5.41, 5.74) is 5.93. The predicted molar refractivity (Wildman–Crippen MR) is 51.5 cm³/mol. The molecule has 1 aliphatic rings. The van der Waals surface area contributed by atoms with Gasteiger partial charge in [-0.1, -0.05) is 0 Å². The quantitative estimate of drug-likeness (QED) is 0.758. The van der Waals surface area contributed by atoms with Crippen LogP contribution in [0.2, 0.25) is 0 Å². The minimum Gasteiger partial charge on any atom is -0.376 e. The van der Waals surface area contributed by atoms with Crippen molar-refractivity contribution < 1.29 is 4.74 Å². The average molecular weight is 180 g/mol. The monoisotopic (exact) mass is 180 g/mol. The van der Waals surface area contributed by atoms with Crippen molar-refractivity contribution in [2.75, 3.05) is 6.61 Å². The fourth-order valence-electron chi connectivity index (χ4n) is 1.97. The van der Waals surface area contributed by atoms with E-state index >= 15 is 0 Å². The second-order valence-electron chi connectivity index (χ2n) is 3.51. The molecule has 0 radical (unpaired) electrons. The van der Waals surface area contributed by atoms with Crippen LogP contribution in [0.4, 0.5) is 0 Å². The molecule has 0 aromatic carbocycles. The van der Waals surface area contributed by atoms with Crippen molar-refractivity contribution in [3.63, 3.8) is 0 Å². The third kappa shape index (κ3) is 1.49. The number of nitrogens with zero attached hydrogens (tertiary/aromatic N) is 1. The van der Waals surface area contributed by atoms with Crippen molar-refractivity contribution in [1.82, 2.24) is 4.57 Å². The van der Waals surface area contributed by atoms with Crippen LogP contribution in [0.15, 0.2) is 24.5 Å². The Morgan fingerprint density at radius 2 is 2.15 bits per heavy atom. The third-order valence-corrected chi connectivity index (χ3v) is 2.68. The summed E-state index contributed by atoms with van der Waals surface area (Å²) < 4.78 is 7.73. The van der Waals surface area contributed by atoms with Gasteiger partial charge < -0.3 is 15.0 Å². The van der Waals surface area contributed by atoms with E-state index in [1.54, 1.807) is 0 Å². The number of rotatable bonds is 3. The summed E-state index contributed by atoms with van der Waals surface area (Å²) in [4.78, 5) is 0. The molecule has 1 heterocycles. The van der Waals surface area contributed by atoms with Gasteiger partial charge in [0.05, 0.1) is 12.1 Å². The minimum absolute atomic E-state index is 0.254. The van der Waals surface area contributed by atoms with Gasteiger partial charge in [-0.3, -0.25) is 0 Å². The van der Waals surface area contributed by atoms with Crippen LogP contribution < -0.4 is 5.73 Å². The Morgan fingerprint density at radius 1 is 1.46 bits per heavy atom. The van der Waals surface area contributed by atoms with E-state index in [0.29, 0.717) is 12.1 Å². The van der Waals surface area contributed by atoms with Gasteiger partial charge in [0.25, 0.3) is 0 Å². The summed E-state index contributed by atoms with van der Waals surface area (Å²) >= 11 is 0. The molecule has 3 nitrogen and oxygen atoms in total. The third-order valence-electron chi connectivity index (χ3n) is 2.68. The maximum absolute atomic E-state index is 5.93. The lowest BCUT2D eigenvalue weighted by molar-refractivity contribution is -0.0468. The molecule has 0 amide bonds. The standard InChI is InChI=1S/C10H16N2O/c1-2-13-9-7-8(11)10(9)12-5-3-4-6-12/h3-6,8-10H,2,7,11H2,1H3. The predicted octanol–water partition coefficient (Wildman–Crippen LogP) is 1.17. The molecule has 1 aliphatic carbocycles. The van der Waals surface area contributed by atoms with Crippen LogP contribution in [-0.2, 0) is 4.74 Å². The van der Waals surface area contributed by atoms with E-state index in [1.165, 1.54) is 0 Å². The molecule has 0 bridgehead atoms. The summed E-state index contributed by atoms with van der Waals surface area (Å²) in [6.45, 7) is 2.80. The lowest BCUT2D eigenvalue weighted by atomic mass is 9.83. The van der Waals surface area contributed by atoms with Crippen LogP contribution >= 0.6 is 0 Å². The minimum atomic E-state index is 0.254. The van der Waals surface area contributed by atoms with E-state index in [9.17, 15) is 0 Å². The Hall–Kier alpha value is -0.800. The van der Waals surface area contributed by atoms with Crippen molar-refractivity contribution in [2.24, 2.45) is 5.73 Å². The second kappa shape index (κ2) is 3.52. The zero-order chi connectivity index (χ0) is 9.26. The molecule has 1 saturated carbocycles. The molecular weight excluding hydrogens is 164 g/mol. The van der Waals surface area contributed by atoms with Gasteiger partial charge in [0.2, 0.25) is 0 Å². The Balaban J connectivity index is 2.04. The summed E-state index contributed by atoms with van der Waals surface area (Å²) in [5.74, 6) is 0. The number of aromatic nitrogens is 1. The summed E-state index contributed by atoms with van der Waals surface area (Å²) in [5, 5.41) is 0. The Labute approximate surface area is 78.5 Å². The topological polar surface area (TPSA) is 40.2 Å². The molecule has 0 saturated heterocycles. The van der Waals surface area contributed by atoms with E-state index in [1.807, 2.05) is 19.1 Å². The molecule has 3 atom stereocenters. The lowest BCUT2D eigenvalue weighted by Crippen LogP contribution is -2.52. The number of ether oxygens (including phenoxy) is 1. The van der Waals surface area contributed by atoms with Crippen LogP contribution in [0.3, 0.4) is 0 Å². The molecule has 72 valence electrons. The molecule has 3 heteroatoms. The maximum Gasteiger partial charge on any atom is 0.0812 e. The Bertz CT molecular complexity index is 256. The summed E-state index contributed by atoms with van der Waals surface area (Å²) in [6.07, 6.45) is 5.40. The van der Waals surface area contributed by atoms with Crippen LogP contribution in [0.5, 0.6) is 0 Å². The first-order valence-electron chi connectivity index (χ1n) is 4.82. The Morgan fingerprint density at radius 3 is 2.69 bits per heavy atom. The summed E-state index contributed by atoms with van der Waals surface area (Å²) in [7, 11) is 0. The Kier molecular flexibility index (Phi) is 2.38. The first-order chi connectivity index (χ1) is 6.33. The average Bonchev–Trinajstić information content (AvgIpc) is 2.56. The first kappa shape index (κ1) is 8.78. The van der Waals surface area contributed by atoms with Gasteiger partial charge in [-0.2, -0.15) is 0 Å². The molecule has 0 aliphatic heterocycles. The maximum atomic E-state index is 5.93. The van der Waals surface area contributed by atoms with E-state index in [-0.39, 0.29) is 6.04 Å². The van der Waals surface area contributed by atoms with Gasteiger partial charge in [0.15, 0.2) is 0 Å². The van der Waals surface area contributed by atoms with Crippen LogP contribution in [-0.4, -0.2) is 23.3 Å². The molecule has 3 unspecified atom stereocenters. The molecule has 1 fully saturated rings. The van der Waals surface area contributed by atoms with Gasteiger partial charge in [0.1, 0.15) is 0 Å². The van der Waals surface area contributed by atoms with Crippen molar-refractivity contribution >= 4 is 0 Å². The highest BCUT2D eigenvalue weighted by Crippen LogP contribution is 2.33. The largest absolute Gasteiger partial charge is 0.376 e. The van der Waals surface area contributed by atoms with Crippen LogP contribution in [0.25, 0.3) is 0 Å². The number of hydrogen-bond acceptors (Lipinski definition) is 2. The van der Waals surface area contributed by atoms with E-state index < -0.39 is 0 Å². The molecule has 1 aromatic heterocycles. The van der Waals surface area contributed by atoms with Gasteiger partial charge in [-0.25, -0.2) is 0 Å². The van der Waals surface area contributed by atoms with E-state index in [2.05, 4.69) is 17.0 Å². The fourth-order valence-corrected chi connectivity index (χ4v) is 1.97. The summed E-state index contributed by atoms with van der Waals surface area (Å²) in [6, 6.07) is 4.64. The van der Waals surface area contributed by atoms with E-state index in [4.69, 9.17) is 10.5 Å². The molecule has 2 N–H and O–H groups in total. The zero-order valence-electron chi connectivity index (χ0n) is 7.89. The number of hydrogen-bond donors (Lipinski definition) is 1. The van der Waals surface area contributed by atoms with Gasteiger partial charge >= 0.3 is 0 Å². The zero-order valence-corrected chi connectivity index (χ0v) is 7.89. The van der Waals surface area contributed by atoms with Crippen molar-refractivity contribution in [3.05, 3.63) is 24.5 Å². The normalized spacial score (nSPS) is 32.9. The molecular formula is C10H16N2O. The van der Waals surface area contributed by atoms with Gasteiger partial charge in [0, 0.05) is 25.0 Å². The van der Waals surface area contributed by atoms with Crippen molar-refractivity contribution in [3.8, 4) is 0 Å². The van der Waals surface area contributed by atoms with Crippen molar-refractivity contribution in [2.45, 2.75) is 31.5 Å².